The molecule has 0 spiro atoms. The molecule has 0 saturated carbocycles. The van der Waals surface area contributed by atoms with Crippen LogP contribution in [0.2, 0.25) is 0 Å². The molecule has 0 radical (unpaired) electrons. The van der Waals surface area contributed by atoms with E-state index in [2.05, 4.69) is 22.6 Å². The fourth-order valence-electron chi connectivity index (χ4n) is 2.95. The largest absolute Gasteiger partial charge is 0.352 e. The van der Waals surface area contributed by atoms with E-state index in [4.69, 9.17) is 0 Å². The van der Waals surface area contributed by atoms with Gasteiger partial charge in [0.25, 0.3) is 5.56 Å². The van der Waals surface area contributed by atoms with Crippen LogP contribution in [-0.2, 0) is 24.2 Å². The van der Waals surface area contributed by atoms with Crippen LogP contribution in [0, 0.1) is 5.92 Å². The van der Waals surface area contributed by atoms with Gasteiger partial charge >= 0.3 is 0 Å². The highest BCUT2D eigenvalue weighted by Crippen LogP contribution is 2.35. The minimum absolute atomic E-state index is 0.0763. The number of thiophene rings is 1. The number of aryl methyl sites for hydroxylation is 1. The maximum absolute atomic E-state index is 12.7. The average molecular weight is 334 g/mol. The summed E-state index contributed by atoms with van der Waals surface area (Å²) in [6, 6.07) is 0.0882. The van der Waals surface area contributed by atoms with E-state index in [9.17, 15) is 9.59 Å². The fourth-order valence-corrected chi connectivity index (χ4v) is 4.27. The molecule has 0 saturated heterocycles. The van der Waals surface area contributed by atoms with Crippen LogP contribution in [0.15, 0.2) is 4.79 Å². The smallest absolute Gasteiger partial charge is 0.279 e. The van der Waals surface area contributed by atoms with Gasteiger partial charge < -0.3 is 5.32 Å². The monoisotopic (exact) mass is 334 g/mol. The first kappa shape index (κ1) is 16.1. The summed E-state index contributed by atoms with van der Waals surface area (Å²) < 4.78 is 1.19. The summed E-state index contributed by atoms with van der Waals surface area (Å²) in [5, 5.41) is 11.6. The highest BCUT2D eigenvalue weighted by Gasteiger charge is 2.24. The second-order valence-electron chi connectivity index (χ2n) is 6.46. The zero-order valence-corrected chi connectivity index (χ0v) is 14.6. The maximum atomic E-state index is 12.7. The number of hydrogen-bond donors (Lipinski definition) is 1. The Morgan fingerprint density at radius 3 is 3.04 bits per heavy atom. The molecule has 1 N–H and O–H groups in total. The molecule has 23 heavy (non-hydrogen) atoms. The molecular formula is C16H22N4O2S. The molecular weight excluding hydrogens is 312 g/mol. The SMILES string of the molecule is CCC(C)NC(=O)Cn1nnc2sc3c(c2c1=O)CCC(C)C3. The molecule has 0 aromatic carbocycles. The molecule has 1 aliphatic rings. The Labute approximate surface area is 138 Å². The standard InChI is InChI=1S/C16H22N4O2S/c1-4-10(3)17-13(21)8-20-16(22)14-11-6-5-9(2)7-12(11)23-15(14)18-19-20/h9-10H,4-8H2,1-3H3,(H,17,21). The molecule has 1 amide bonds. The summed E-state index contributed by atoms with van der Waals surface area (Å²) in [6.45, 7) is 6.09. The van der Waals surface area contributed by atoms with Gasteiger partial charge in [0, 0.05) is 10.9 Å². The molecule has 0 fully saturated rings. The average Bonchev–Trinajstić information content (AvgIpc) is 2.88. The molecule has 3 rings (SSSR count). The minimum atomic E-state index is -0.201. The van der Waals surface area contributed by atoms with Gasteiger partial charge in [0.15, 0.2) is 4.83 Å². The Hall–Kier alpha value is -1.76. The molecule has 0 aliphatic heterocycles. The van der Waals surface area contributed by atoms with Crippen LogP contribution in [0.3, 0.4) is 0 Å². The first-order valence-corrected chi connectivity index (χ1v) is 8.98. The number of amides is 1. The molecule has 2 aromatic rings. The summed E-state index contributed by atoms with van der Waals surface area (Å²) in [7, 11) is 0. The van der Waals surface area contributed by atoms with E-state index < -0.39 is 0 Å². The number of nitrogens with zero attached hydrogens (tertiary/aromatic N) is 3. The first-order chi connectivity index (χ1) is 11.0. The first-order valence-electron chi connectivity index (χ1n) is 8.17. The number of nitrogens with one attached hydrogen (secondary N) is 1. The third-order valence-corrected chi connectivity index (χ3v) is 5.64. The predicted octanol–water partition coefficient (Wildman–Crippen LogP) is 1.89. The summed E-state index contributed by atoms with van der Waals surface area (Å²) in [6.07, 6.45) is 3.86. The van der Waals surface area contributed by atoms with Crippen molar-refractivity contribution in [2.45, 2.75) is 59.0 Å². The highest BCUT2D eigenvalue weighted by molar-refractivity contribution is 7.18. The van der Waals surface area contributed by atoms with Gasteiger partial charge in [-0.05, 0) is 44.1 Å². The van der Waals surface area contributed by atoms with Gasteiger partial charge in [-0.25, -0.2) is 4.68 Å². The number of carbonyl (C=O) groups excluding carboxylic acids is 1. The van der Waals surface area contributed by atoms with Crippen molar-refractivity contribution in [3.63, 3.8) is 0 Å². The third-order valence-electron chi connectivity index (χ3n) is 4.50. The molecule has 124 valence electrons. The Balaban J connectivity index is 1.93. The van der Waals surface area contributed by atoms with Crippen LogP contribution in [0.5, 0.6) is 0 Å². The van der Waals surface area contributed by atoms with Gasteiger partial charge in [0.2, 0.25) is 5.91 Å². The number of aromatic nitrogens is 3. The molecule has 2 heterocycles. The highest BCUT2D eigenvalue weighted by atomic mass is 32.1. The van der Waals surface area contributed by atoms with Gasteiger partial charge in [-0.15, -0.1) is 16.4 Å². The van der Waals surface area contributed by atoms with E-state index in [1.54, 1.807) is 11.3 Å². The summed E-state index contributed by atoms with van der Waals surface area (Å²) in [5.41, 5.74) is 0.931. The van der Waals surface area contributed by atoms with E-state index in [1.165, 1.54) is 9.56 Å². The van der Waals surface area contributed by atoms with E-state index in [0.717, 1.165) is 31.2 Å². The lowest BCUT2D eigenvalue weighted by Gasteiger charge is -2.17. The zero-order valence-electron chi connectivity index (χ0n) is 13.8. The van der Waals surface area contributed by atoms with Crippen LogP contribution in [0.1, 0.15) is 44.1 Å². The maximum Gasteiger partial charge on any atom is 0.279 e. The minimum Gasteiger partial charge on any atom is -0.352 e. The predicted molar refractivity (Wildman–Crippen MR) is 90.8 cm³/mol. The van der Waals surface area contributed by atoms with Gasteiger partial charge in [-0.1, -0.05) is 19.1 Å². The lowest BCUT2D eigenvalue weighted by molar-refractivity contribution is -0.122. The Morgan fingerprint density at radius 1 is 1.52 bits per heavy atom. The van der Waals surface area contributed by atoms with E-state index in [1.807, 2.05) is 13.8 Å². The van der Waals surface area contributed by atoms with Crippen molar-refractivity contribution in [2.75, 3.05) is 0 Å². The van der Waals surface area contributed by atoms with Crippen molar-refractivity contribution in [3.05, 3.63) is 20.8 Å². The van der Waals surface area contributed by atoms with Crippen molar-refractivity contribution in [2.24, 2.45) is 5.92 Å². The van der Waals surface area contributed by atoms with E-state index in [-0.39, 0.29) is 24.1 Å². The van der Waals surface area contributed by atoms with Gasteiger partial charge in [-0.2, -0.15) is 0 Å². The quantitative estimate of drug-likeness (QED) is 0.926. The molecule has 0 bridgehead atoms. The zero-order chi connectivity index (χ0) is 16.6. The van der Waals surface area contributed by atoms with Crippen molar-refractivity contribution < 1.29 is 4.79 Å². The normalized spacial score (nSPS) is 18.7. The number of hydrogen-bond acceptors (Lipinski definition) is 5. The topological polar surface area (TPSA) is 76.9 Å². The van der Waals surface area contributed by atoms with Gasteiger partial charge in [-0.3, -0.25) is 9.59 Å². The second kappa shape index (κ2) is 6.39. The summed E-state index contributed by atoms with van der Waals surface area (Å²) >= 11 is 1.57. The molecule has 2 unspecified atom stereocenters. The van der Waals surface area contributed by atoms with Crippen LogP contribution in [0.4, 0.5) is 0 Å². The van der Waals surface area contributed by atoms with E-state index in [0.29, 0.717) is 16.1 Å². The van der Waals surface area contributed by atoms with Crippen LogP contribution >= 0.6 is 11.3 Å². The third kappa shape index (κ3) is 3.15. The van der Waals surface area contributed by atoms with Crippen molar-refractivity contribution >= 4 is 27.5 Å². The van der Waals surface area contributed by atoms with Crippen LogP contribution < -0.4 is 10.9 Å². The number of fused-ring (bicyclic) bond motifs is 3. The molecule has 7 heteroatoms. The van der Waals surface area contributed by atoms with Crippen molar-refractivity contribution in [1.29, 1.82) is 0 Å². The van der Waals surface area contributed by atoms with E-state index >= 15 is 0 Å². The molecule has 2 aromatic heterocycles. The number of rotatable bonds is 4. The van der Waals surface area contributed by atoms with Crippen LogP contribution in [-0.4, -0.2) is 26.9 Å². The van der Waals surface area contributed by atoms with Crippen molar-refractivity contribution in [1.82, 2.24) is 20.3 Å². The summed E-state index contributed by atoms with van der Waals surface area (Å²) in [5.74, 6) is 0.444. The lowest BCUT2D eigenvalue weighted by atomic mass is 9.89. The fraction of sp³-hybridized carbons (Fsp3) is 0.625. The molecule has 2 atom stereocenters. The van der Waals surface area contributed by atoms with Crippen molar-refractivity contribution in [3.8, 4) is 0 Å². The lowest BCUT2D eigenvalue weighted by Crippen LogP contribution is -2.38. The second-order valence-corrected chi connectivity index (χ2v) is 7.54. The Kier molecular flexibility index (Phi) is 4.48. The van der Waals surface area contributed by atoms with Crippen LogP contribution in [0.25, 0.3) is 10.2 Å². The summed E-state index contributed by atoms with van der Waals surface area (Å²) in [4.78, 5) is 26.7. The van der Waals surface area contributed by atoms with Gasteiger partial charge in [0.05, 0.1) is 5.39 Å². The molecule has 1 aliphatic carbocycles. The molecule has 6 nitrogen and oxygen atoms in total. The van der Waals surface area contributed by atoms with Gasteiger partial charge in [0.1, 0.15) is 6.54 Å². The Bertz CT molecular complexity index is 795. The number of carbonyl (C=O) groups is 1. The Morgan fingerprint density at radius 2 is 2.30 bits per heavy atom.